The minimum Gasteiger partial charge on any atom is -0.492 e. The molecule has 15 heavy (non-hydrogen) atoms. The summed E-state index contributed by atoms with van der Waals surface area (Å²) in [4.78, 5) is 0. The number of hydrogen-bond acceptors (Lipinski definition) is 2. The van der Waals surface area contributed by atoms with Crippen LogP contribution in [-0.4, -0.2) is 24.9 Å². The topological polar surface area (TPSA) is 29.5 Å². The van der Waals surface area contributed by atoms with Crippen molar-refractivity contribution < 1.29 is 9.30 Å². The quantitative estimate of drug-likeness (QED) is 0.722. The summed E-state index contributed by atoms with van der Waals surface area (Å²) in [6.07, 6.45) is 0. The van der Waals surface area contributed by atoms with Crippen LogP contribution in [0, 0.1) is 0 Å². The van der Waals surface area contributed by atoms with Crippen molar-refractivity contribution in [2.45, 2.75) is 13.8 Å². The van der Waals surface area contributed by atoms with Gasteiger partial charge in [-0.15, -0.1) is 0 Å². The molecule has 0 saturated heterocycles. The second-order valence-electron chi connectivity index (χ2n) is 3.08. The molecular formula is C11H17NO2P+. The van der Waals surface area contributed by atoms with Gasteiger partial charge in [-0.05, 0) is 30.5 Å². The zero-order valence-corrected chi connectivity index (χ0v) is 10.3. The summed E-state index contributed by atoms with van der Waals surface area (Å²) in [5, 5.41) is 0.777. The zero-order chi connectivity index (χ0) is 11.3. The Bertz CT molecular complexity index is 337. The molecule has 1 rings (SSSR count). The van der Waals surface area contributed by atoms with Gasteiger partial charge in [-0.2, -0.15) is 0 Å². The Labute approximate surface area is 91.9 Å². The van der Waals surface area contributed by atoms with Crippen LogP contribution < -0.4 is 10.0 Å². The summed E-state index contributed by atoms with van der Waals surface area (Å²) in [5.41, 5.74) is 0. The van der Waals surface area contributed by atoms with Crippen LogP contribution in [0.4, 0.5) is 0 Å². The van der Waals surface area contributed by atoms with Gasteiger partial charge in [0.15, 0.2) is 5.75 Å². The molecule has 0 spiro atoms. The molecule has 1 atom stereocenters. The van der Waals surface area contributed by atoms with Crippen molar-refractivity contribution in [3.05, 3.63) is 24.3 Å². The minimum atomic E-state index is -1.51. The van der Waals surface area contributed by atoms with E-state index in [1.165, 1.54) is 0 Å². The number of hydrogen-bond donors (Lipinski definition) is 0. The Morgan fingerprint density at radius 2 is 1.87 bits per heavy atom. The fraction of sp³-hybridized carbons (Fsp3) is 0.455. The summed E-state index contributed by atoms with van der Waals surface area (Å²) in [6.45, 7) is 5.58. The highest BCUT2D eigenvalue weighted by atomic mass is 31.1. The molecule has 82 valence electrons. The van der Waals surface area contributed by atoms with Gasteiger partial charge in [0.1, 0.15) is 0 Å². The monoisotopic (exact) mass is 226 g/mol. The van der Waals surface area contributed by atoms with E-state index in [1.54, 1.807) is 7.11 Å². The first-order valence-corrected chi connectivity index (χ1v) is 6.30. The van der Waals surface area contributed by atoms with E-state index in [1.807, 2.05) is 42.8 Å². The Morgan fingerprint density at radius 3 is 2.40 bits per heavy atom. The Balaban J connectivity index is 2.99. The summed E-state index contributed by atoms with van der Waals surface area (Å²) >= 11 is 0. The number of rotatable bonds is 5. The first-order valence-electron chi connectivity index (χ1n) is 5.09. The second-order valence-corrected chi connectivity index (χ2v) is 4.68. The van der Waals surface area contributed by atoms with Crippen molar-refractivity contribution >= 4 is 13.3 Å². The third-order valence-electron chi connectivity index (χ3n) is 2.28. The smallest absolute Gasteiger partial charge is 0.478 e. The molecule has 0 aromatic heterocycles. The summed E-state index contributed by atoms with van der Waals surface area (Å²) in [6, 6.07) is 7.46. The summed E-state index contributed by atoms with van der Waals surface area (Å²) in [5.74, 6) is 0.700. The molecule has 3 nitrogen and oxygen atoms in total. The maximum absolute atomic E-state index is 12.2. The molecule has 1 unspecified atom stereocenters. The van der Waals surface area contributed by atoms with Crippen molar-refractivity contribution in [1.82, 2.24) is 4.67 Å². The molecular weight excluding hydrogens is 209 g/mol. The van der Waals surface area contributed by atoms with E-state index in [0.717, 1.165) is 18.4 Å². The predicted octanol–water partition coefficient (Wildman–Crippen LogP) is 2.40. The Morgan fingerprint density at radius 1 is 1.27 bits per heavy atom. The summed E-state index contributed by atoms with van der Waals surface area (Å²) in [7, 11) is 0.0938. The molecule has 0 amide bonds. The van der Waals surface area contributed by atoms with Crippen molar-refractivity contribution in [1.29, 1.82) is 0 Å². The van der Waals surface area contributed by atoms with Crippen molar-refractivity contribution in [2.75, 3.05) is 20.2 Å². The molecule has 0 N–H and O–H groups in total. The molecule has 0 radical (unpaired) electrons. The average molecular weight is 226 g/mol. The highest BCUT2D eigenvalue weighted by molar-refractivity contribution is 7.51. The van der Waals surface area contributed by atoms with E-state index < -0.39 is 7.95 Å². The van der Waals surface area contributed by atoms with Crippen LogP contribution in [0.5, 0.6) is 5.75 Å². The number of nitrogens with zero attached hydrogens (tertiary/aromatic N) is 1. The van der Waals surface area contributed by atoms with Gasteiger partial charge >= 0.3 is 7.95 Å². The van der Waals surface area contributed by atoms with Gasteiger partial charge in [0, 0.05) is 13.1 Å². The van der Waals surface area contributed by atoms with E-state index in [0.29, 0.717) is 5.75 Å². The molecule has 0 fully saturated rings. The third-order valence-corrected chi connectivity index (χ3v) is 4.14. The lowest BCUT2D eigenvalue weighted by Gasteiger charge is -2.06. The van der Waals surface area contributed by atoms with Crippen molar-refractivity contribution in [3.8, 4) is 5.75 Å². The van der Waals surface area contributed by atoms with Crippen LogP contribution in [0.25, 0.3) is 0 Å². The van der Waals surface area contributed by atoms with Gasteiger partial charge in [-0.25, -0.2) is 0 Å². The Kier molecular flexibility index (Phi) is 4.73. The standard InChI is InChI=1S/C11H17NO2P/c1-4-12(5-2)15(13)11-9-7-6-8-10(11)14-3/h6-9H,4-5H2,1-3H3/q+1. The minimum absolute atomic E-state index is 0.700. The molecule has 0 saturated carbocycles. The van der Waals surface area contributed by atoms with Crippen LogP contribution in [0.1, 0.15) is 13.8 Å². The lowest BCUT2D eigenvalue weighted by molar-refractivity contribution is 0.416. The molecule has 0 heterocycles. The number of ether oxygens (including phenoxy) is 1. The van der Waals surface area contributed by atoms with E-state index in [-0.39, 0.29) is 0 Å². The van der Waals surface area contributed by atoms with E-state index in [9.17, 15) is 4.57 Å². The van der Waals surface area contributed by atoms with E-state index in [4.69, 9.17) is 4.74 Å². The molecule has 0 aliphatic rings. The predicted molar refractivity (Wildman–Crippen MR) is 63.2 cm³/mol. The first-order chi connectivity index (χ1) is 7.24. The molecule has 0 aliphatic carbocycles. The average Bonchev–Trinajstić information content (AvgIpc) is 2.30. The number of benzene rings is 1. The maximum Gasteiger partial charge on any atom is 0.478 e. The third kappa shape index (κ3) is 2.77. The fourth-order valence-corrected chi connectivity index (χ4v) is 2.81. The largest absolute Gasteiger partial charge is 0.492 e. The molecule has 0 aliphatic heterocycles. The van der Waals surface area contributed by atoms with E-state index >= 15 is 0 Å². The molecule has 1 aromatic carbocycles. The van der Waals surface area contributed by atoms with Gasteiger partial charge < -0.3 is 4.74 Å². The lowest BCUT2D eigenvalue weighted by atomic mass is 10.3. The fourth-order valence-electron chi connectivity index (χ4n) is 1.42. The number of para-hydroxylation sites is 1. The molecule has 4 heteroatoms. The second kappa shape index (κ2) is 5.84. The van der Waals surface area contributed by atoms with Crippen LogP contribution in [0.2, 0.25) is 0 Å². The summed E-state index contributed by atoms with van der Waals surface area (Å²) < 4.78 is 19.3. The van der Waals surface area contributed by atoms with Crippen molar-refractivity contribution in [3.63, 3.8) is 0 Å². The van der Waals surface area contributed by atoms with Gasteiger partial charge in [-0.1, -0.05) is 16.8 Å². The SMILES string of the molecule is CCN(CC)[P+](=O)c1ccccc1OC. The molecule has 1 aromatic rings. The zero-order valence-electron chi connectivity index (χ0n) is 9.43. The van der Waals surface area contributed by atoms with Crippen LogP contribution >= 0.6 is 7.95 Å². The number of methoxy groups -OCH3 is 1. The van der Waals surface area contributed by atoms with Crippen molar-refractivity contribution in [2.24, 2.45) is 0 Å². The first kappa shape index (κ1) is 12.2. The molecule has 0 bridgehead atoms. The maximum atomic E-state index is 12.2. The van der Waals surface area contributed by atoms with Gasteiger partial charge in [-0.3, -0.25) is 0 Å². The van der Waals surface area contributed by atoms with Crippen LogP contribution in [0.15, 0.2) is 24.3 Å². The van der Waals surface area contributed by atoms with Gasteiger partial charge in [0.05, 0.1) is 7.11 Å². The highest BCUT2D eigenvalue weighted by Gasteiger charge is 2.31. The van der Waals surface area contributed by atoms with Gasteiger partial charge in [0.25, 0.3) is 5.30 Å². The highest BCUT2D eigenvalue weighted by Crippen LogP contribution is 2.29. The van der Waals surface area contributed by atoms with Crippen LogP contribution in [-0.2, 0) is 4.57 Å². The van der Waals surface area contributed by atoms with Crippen LogP contribution in [0.3, 0.4) is 0 Å². The van der Waals surface area contributed by atoms with E-state index in [2.05, 4.69) is 0 Å². The van der Waals surface area contributed by atoms with Gasteiger partial charge in [0.2, 0.25) is 0 Å². The lowest BCUT2D eigenvalue weighted by Crippen LogP contribution is -2.19. The normalized spacial score (nSPS) is 11.6. The Hall–Kier alpha value is -0.920.